The monoisotopic (exact) mass is 372 g/mol. The van der Waals surface area contributed by atoms with Gasteiger partial charge in [-0.25, -0.2) is 9.97 Å². The molecule has 138 valence electrons. The van der Waals surface area contributed by atoms with Gasteiger partial charge in [-0.2, -0.15) is 0 Å². The summed E-state index contributed by atoms with van der Waals surface area (Å²) >= 11 is 1.46. The Labute approximate surface area is 157 Å². The lowest BCUT2D eigenvalue weighted by molar-refractivity contribution is 0.104. The van der Waals surface area contributed by atoms with Crippen LogP contribution in [0.4, 0.5) is 5.82 Å². The van der Waals surface area contributed by atoms with Crippen LogP contribution in [-0.4, -0.2) is 50.9 Å². The van der Waals surface area contributed by atoms with Gasteiger partial charge in [-0.15, -0.1) is 11.3 Å². The van der Waals surface area contributed by atoms with E-state index in [9.17, 15) is 9.90 Å². The van der Waals surface area contributed by atoms with E-state index in [1.165, 1.54) is 11.3 Å². The number of hydrogen-bond acceptors (Lipinski definition) is 7. The summed E-state index contributed by atoms with van der Waals surface area (Å²) in [7, 11) is 0. The lowest BCUT2D eigenvalue weighted by Crippen LogP contribution is -2.54. The van der Waals surface area contributed by atoms with Crippen LogP contribution in [-0.2, 0) is 0 Å². The second-order valence-electron chi connectivity index (χ2n) is 6.66. The summed E-state index contributed by atoms with van der Waals surface area (Å²) in [4.78, 5) is 26.0. The Morgan fingerprint density at radius 3 is 2.69 bits per heavy atom. The Kier molecular flexibility index (Phi) is 5.68. The van der Waals surface area contributed by atoms with Gasteiger partial charge in [0.25, 0.3) is 0 Å². The van der Waals surface area contributed by atoms with Crippen LogP contribution in [0, 0.1) is 0 Å². The predicted octanol–water partition coefficient (Wildman–Crippen LogP) is 2.89. The number of anilines is 1. The molecular formula is C19H24N4O2S. The molecule has 1 aliphatic heterocycles. The summed E-state index contributed by atoms with van der Waals surface area (Å²) in [5.74, 6) is 1.30. The first-order chi connectivity index (χ1) is 12.5. The highest BCUT2D eigenvalue weighted by molar-refractivity contribution is 7.12. The van der Waals surface area contributed by atoms with Crippen molar-refractivity contribution in [2.24, 2.45) is 0 Å². The van der Waals surface area contributed by atoms with Gasteiger partial charge in [0.1, 0.15) is 11.9 Å². The first-order valence-corrected chi connectivity index (χ1v) is 9.63. The van der Waals surface area contributed by atoms with Crippen LogP contribution in [0.25, 0.3) is 0 Å². The summed E-state index contributed by atoms with van der Waals surface area (Å²) < 4.78 is 0. The summed E-state index contributed by atoms with van der Waals surface area (Å²) in [6.45, 7) is 7.52. The molecule has 2 aromatic rings. The van der Waals surface area contributed by atoms with Gasteiger partial charge in [-0.3, -0.25) is 4.79 Å². The van der Waals surface area contributed by atoms with Crippen LogP contribution in [0.2, 0.25) is 0 Å². The molecule has 7 heteroatoms. The molecule has 3 heterocycles. The molecule has 1 N–H and O–H groups in total. The lowest BCUT2D eigenvalue weighted by atomic mass is 10.1. The zero-order chi connectivity index (χ0) is 18.7. The quantitative estimate of drug-likeness (QED) is 0.643. The molecule has 0 spiro atoms. The van der Waals surface area contributed by atoms with E-state index in [-0.39, 0.29) is 17.9 Å². The molecule has 1 aliphatic rings. The number of aliphatic hydroxyl groups excluding tert-OH is 1. The molecule has 2 aromatic heterocycles. The van der Waals surface area contributed by atoms with Gasteiger partial charge in [0.05, 0.1) is 4.88 Å². The number of hydrogen-bond donors (Lipinski definition) is 1. The zero-order valence-electron chi connectivity index (χ0n) is 15.2. The van der Waals surface area contributed by atoms with Gasteiger partial charge in [-0.1, -0.05) is 6.07 Å². The average molecular weight is 372 g/mol. The number of thiophene rings is 1. The van der Waals surface area contributed by atoms with Gasteiger partial charge in [0, 0.05) is 43.6 Å². The van der Waals surface area contributed by atoms with Crippen molar-refractivity contribution < 1.29 is 9.90 Å². The maximum absolute atomic E-state index is 12.2. The first-order valence-electron chi connectivity index (χ1n) is 8.75. The number of allylic oxidation sites excluding steroid dienone is 1. The van der Waals surface area contributed by atoms with Gasteiger partial charge in [0.2, 0.25) is 0 Å². The van der Waals surface area contributed by atoms with Crippen LogP contribution >= 0.6 is 11.3 Å². The van der Waals surface area contributed by atoms with E-state index in [4.69, 9.17) is 0 Å². The van der Waals surface area contributed by atoms with E-state index in [0.29, 0.717) is 5.82 Å². The Hall–Kier alpha value is -2.25. The largest absolute Gasteiger partial charge is 0.385 e. The van der Waals surface area contributed by atoms with Crippen molar-refractivity contribution in [1.29, 1.82) is 0 Å². The topological polar surface area (TPSA) is 69.6 Å². The first kappa shape index (κ1) is 18.5. The molecule has 0 bridgehead atoms. The fourth-order valence-electron chi connectivity index (χ4n) is 3.21. The summed E-state index contributed by atoms with van der Waals surface area (Å²) in [6.07, 6.45) is 4.57. The highest BCUT2D eigenvalue weighted by Gasteiger charge is 2.28. The molecule has 1 fully saturated rings. The van der Waals surface area contributed by atoms with Gasteiger partial charge >= 0.3 is 0 Å². The maximum Gasteiger partial charge on any atom is 0.197 e. The number of aliphatic hydroxyl groups is 1. The molecule has 1 unspecified atom stereocenters. The van der Waals surface area contributed by atoms with Crippen LogP contribution in [0.1, 0.15) is 42.4 Å². The number of piperazine rings is 1. The molecule has 26 heavy (non-hydrogen) atoms. The van der Waals surface area contributed by atoms with E-state index in [1.807, 2.05) is 29.8 Å². The van der Waals surface area contributed by atoms with E-state index in [0.717, 1.165) is 23.8 Å². The fourth-order valence-corrected chi connectivity index (χ4v) is 3.86. The second-order valence-corrected chi connectivity index (χ2v) is 7.60. The highest BCUT2D eigenvalue weighted by atomic mass is 32.1. The molecule has 3 atom stereocenters. The fraction of sp³-hybridized carbons (Fsp3) is 0.421. The number of ketones is 1. The summed E-state index contributed by atoms with van der Waals surface area (Å²) in [5.41, 5.74) is 0. The van der Waals surface area contributed by atoms with Gasteiger partial charge in [-0.05, 0) is 38.3 Å². The van der Waals surface area contributed by atoms with Crippen molar-refractivity contribution >= 4 is 22.9 Å². The predicted molar refractivity (Wildman–Crippen MR) is 103 cm³/mol. The minimum absolute atomic E-state index is 0.0409. The Balaban J connectivity index is 1.69. The van der Waals surface area contributed by atoms with Crippen molar-refractivity contribution in [2.45, 2.75) is 39.0 Å². The molecule has 0 radical (unpaired) electrons. The number of nitrogens with zero attached hydrogens (tertiary/aromatic N) is 4. The zero-order valence-corrected chi connectivity index (χ0v) is 16.1. The van der Waals surface area contributed by atoms with Gasteiger partial charge < -0.3 is 14.9 Å². The molecular weight excluding hydrogens is 348 g/mol. The molecule has 0 saturated carbocycles. The average Bonchev–Trinajstić information content (AvgIpc) is 3.15. The van der Waals surface area contributed by atoms with Crippen LogP contribution in [0.5, 0.6) is 0 Å². The highest BCUT2D eigenvalue weighted by Crippen LogP contribution is 2.22. The number of carbonyl (C=O) groups excluding carboxylic acids is 1. The standard InChI is InChI=1S/C19H24N4O2S/c1-13-11-22(18-6-8-20-19(21-18)15(3)24)12-14(2)23(13)9-7-16(25)17-5-4-10-26-17/h4-10,13-15,24H,11-12H2,1-3H3/b9-7+/t13-,14?,15-/m1/s1. The SMILES string of the molecule is CC1CN(c2ccnc([C@@H](C)O)n2)C[C@@H](C)N1/C=C/C(=O)c1cccs1. The van der Waals surface area contributed by atoms with Crippen molar-refractivity contribution in [3.05, 3.63) is 52.8 Å². The summed E-state index contributed by atoms with van der Waals surface area (Å²) in [5, 5.41) is 11.6. The van der Waals surface area contributed by atoms with Crippen LogP contribution < -0.4 is 4.90 Å². The Morgan fingerprint density at radius 2 is 2.08 bits per heavy atom. The van der Waals surface area contributed by atoms with Gasteiger partial charge in [0.15, 0.2) is 11.6 Å². The molecule has 0 amide bonds. The minimum Gasteiger partial charge on any atom is -0.385 e. The smallest absolute Gasteiger partial charge is 0.197 e. The van der Waals surface area contributed by atoms with Crippen LogP contribution in [0.15, 0.2) is 42.1 Å². The number of carbonyl (C=O) groups is 1. The second kappa shape index (κ2) is 7.97. The molecule has 6 nitrogen and oxygen atoms in total. The van der Waals surface area contributed by atoms with Crippen molar-refractivity contribution in [3.8, 4) is 0 Å². The number of aromatic nitrogens is 2. The van der Waals surface area contributed by atoms with E-state index < -0.39 is 6.10 Å². The molecule has 1 saturated heterocycles. The van der Waals surface area contributed by atoms with Crippen molar-refractivity contribution in [3.63, 3.8) is 0 Å². The third-order valence-electron chi connectivity index (χ3n) is 4.51. The Morgan fingerprint density at radius 1 is 1.35 bits per heavy atom. The third kappa shape index (κ3) is 4.11. The minimum atomic E-state index is -0.683. The number of rotatable bonds is 5. The van der Waals surface area contributed by atoms with E-state index in [2.05, 4.69) is 33.6 Å². The molecule has 0 aliphatic carbocycles. The normalized spacial score (nSPS) is 22.0. The summed E-state index contributed by atoms with van der Waals surface area (Å²) in [6, 6.07) is 6.07. The maximum atomic E-state index is 12.2. The van der Waals surface area contributed by atoms with E-state index >= 15 is 0 Å². The van der Waals surface area contributed by atoms with Crippen molar-refractivity contribution in [2.75, 3.05) is 18.0 Å². The molecule has 3 rings (SSSR count). The van der Waals surface area contributed by atoms with Crippen LogP contribution in [0.3, 0.4) is 0 Å². The lowest BCUT2D eigenvalue weighted by Gasteiger charge is -2.44. The van der Waals surface area contributed by atoms with E-state index in [1.54, 1.807) is 19.2 Å². The molecule has 0 aromatic carbocycles. The third-order valence-corrected chi connectivity index (χ3v) is 5.39. The Bertz CT molecular complexity index is 764. The van der Waals surface area contributed by atoms with Crippen molar-refractivity contribution in [1.82, 2.24) is 14.9 Å².